The molecule has 0 radical (unpaired) electrons. The smallest absolute Gasteiger partial charge is 0.230 e. The molecular formula is C23H23N3O3. The van der Waals surface area contributed by atoms with E-state index < -0.39 is 17.4 Å². The predicted molar refractivity (Wildman–Crippen MR) is 107 cm³/mol. The Hall–Kier alpha value is -2.99. The lowest BCUT2D eigenvalue weighted by Crippen LogP contribution is -2.44. The Labute approximate surface area is 169 Å². The van der Waals surface area contributed by atoms with Crippen LogP contribution in [-0.4, -0.2) is 46.5 Å². The minimum atomic E-state index is -0.656. The van der Waals surface area contributed by atoms with E-state index in [4.69, 9.17) is 4.74 Å². The van der Waals surface area contributed by atoms with Gasteiger partial charge in [0.2, 0.25) is 11.8 Å². The number of amides is 2. The minimum absolute atomic E-state index is 0.0249. The first kappa shape index (κ1) is 18.1. The van der Waals surface area contributed by atoms with E-state index in [1.165, 1.54) is 5.56 Å². The summed E-state index contributed by atoms with van der Waals surface area (Å²) in [6, 6.07) is 13.9. The van der Waals surface area contributed by atoms with Crippen molar-refractivity contribution in [2.45, 2.75) is 24.7 Å². The molecule has 0 saturated carbocycles. The van der Waals surface area contributed by atoms with Crippen molar-refractivity contribution >= 4 is 11.8 Å². The Balaban J connectivity index is 1.28. The third-order valence-electron chi connectivity index (χ3n) is 6.21. The van der Waals surface area contributed by atoms with Crippen molar-refractivity contribution in [2.75, 3.05) is 13.1 Å². The van der Waals surface area contributed by atoms with Crippen LogP contribution < -0.4 is 5.32 Å². The van der Waals surface area contributed by atoms with Crippen molar-refractivity contribution in [3.63, 3.8) is 0 Å². The molecule has 6 heteroatoms. The highest BCUT2D eigenvalue weighted by molar-refractivity contribution is 5.93. The summed E-state index contributed by atoms with van der Waals surface area (Å²) in [5.74, 6) is -1.01. The molecule has 2 bridgehead atoms. The zero-order valence-electron chi connectivity index (χ0n) is 16.0. The number of rotatable bonds is 6. The maximum absolute atomic E-state index is 13.2. The highest BCUT2D eigenvalue weighted by atomic mass is 16.5. The number of ether oxygens (including phenoxy) is 1. The molecule has 1 N–H and O–H groups in total. The van der Waals surface area contributed by atoms with Gasteiger partial charge in [0.05, 0.1) is 24.5 Å². The van der Waals surface area contributed by atoms with Gasteiger partial charge in [-0.2, -0.15) is 0 Å². The summed E-state index contributed by atoms with van der Waals surface area (Å²) in [7, 11) is 0. The normalized spacial score (nSPS) is 29.3. The van der Waals surface area contributed by atoms with Crippen molar-refractivity contribution in [3.8, 4) is 0 Å². The number of pyridine rings is 1. The van der Waals surface area contributed by atoms with Crippen LogP contribution in [0.25, 0.3) is 0 Å². The maximum atomic E-state index is 13.2. The van der Waals surface area contributed by atoms with Crippen LogP contribution in [0.2, 0.25) is 0 Å². The van der Waals surface area contributed by atoms with Crippen LogP contribution in [0.5, 0.6) is 0 Å². The molecule has 1 aromatic heterocycles. The molecule has 3 aliphatic heterocycles. The number of benzene rings is 1. The van der Waals surface area contributed by atoms with Gasteiger partial charge in [-0.25, -0.2) is 0 Å². The second kappa shape index (κ2) is 7.12. The zero-order valence-corrected chi connectivity index (χ0v) is 16.0. The highest BCUT2D eigenvalue weighted by Gasteiger charge is 2.66. The molecule has 5 rings (SSSR count). The highest BCUT2D eigenvalue weighted by Crippen LogP contribution is 2.51. The number of nitrogens with zero attached hydrogens (tertiary/aromatic N) is 2. The fourth-order valence-electron chi connectivity index (χ4n) is 4.78. The largest absolute Gasteiger partial charge is 0.360 e. The van der Waals surface area contributed by atoms with Crippen molar-refractivity contribution in [1.29, 1.82) is 0 Å². The summed E-state index contributed by atoms with van der Waals surface area (Å²) in [4.78, 5) is 32.0. The van der Waals surface area contributed by atoms with Crippen LogP contribution in [0.15, 0.2) is 67.0 Å². The van der Waals surface area contributed by atoms with Crippen molar-refractivity contribution < 1.29 is 14.3 Å². The molecule has 2 saturated heterocycles. The predicted octanol–water partition coefficient (Wildman–Crippen LogP) is 1.72. The fourth-order valence-corrected chi connectivity index (χ4v) is 4.78. The Bertz CT molecular complexity index is 946. The van der Waals surface area contributed by atoms with Crippen LogP contribution >= 0.6 is 0 Å². The molecule has 4 heterocycles. The van der Waals surface area contributed by atoms with Crippen molar-refractivity contribution in [1.82, 2.24) is 15.2 Å². The Kier molecular flexibility index (Phi) is 4.43. The molecule has 4 unspecified atom stereocenters. The zero-order chi connectivity index (χ0) is 19.8. The van der Waals surface area contributed by atoms with Gasteiger partial charge in [0, 0.05) is 25.5 Å². The first-order chi connectivity index (χ1) is 14.2. The summed E-state index contributed by atoms with van der Waals surface area (Å²) in [6.45, 7) is 1.57. The summed E-state index contributed by atoms with van der Waals surface area (Å²) >= 11 is 0. The van der Waals surface area contributed by atoms with E-state index in [1.54, 1.807) is 12.4 Å². The van der Waals surface area contributed by atoms with Gasteiger partial charge in [-0.05, 0) is 29.7 Å². The number of hydrogen-bond donors (Lipinski definition) is 1. The second-order valence-corrected chi connectivity index (χ2v) is 7.97. The van der Waals surface area contributed by atoms with E-state index >= 15 is 0 Å². The average Bonchev–Trinajstić information content (AvgIpc) is 3.40. The lowest BCUT2D eigenvalue weighted by atomic mass is 9.77. The third kappa shape index (κ3) is 3.13. The molecule has 1 spiro atoms. The molecule has 4 atom stereocenters. The summed E-state index contributed by atoms with van der Waals surface area (Å²) in [5.41, 5.74) is 1.52. The van der Waals surface area contributed by atoms with Crippen LogP contribution in [0, 0.1) is 11.8 Å². The standard InChI is InChI=1S/C23H23N3O3/c27-21(25-14-17-7-11-24-12-8-17)19-18-6-10-23(29-18)15-26(22(28)20(19)23)13-9-16-4-2-1-3-5-16/h1-8,10-12,18-20H,9,13-15H2,(H,25,27). The van der Waals surface area contributed by atoms with Crippen LogP contribution in [-0.2, 0) is 27.3 Å². The Morgan fingerprint density at radius 2 is 1.97 bits per heavy atom. The number of hydrogen-bond acceptors (Lipinski definition) is 4. The Morgan fingerprint density at radius 3 is 2.76 bits per heavy atom. The summed E-state index contributed by atoms with van der Waals surface area (Å²) < 4.78 is 6.18. The maximum Gasteiger partial charge on any atom is 0.230 e. The van der Waals surface area contributed by atoms with Crippen molar-refractivity contribution in [3.05, 3.63) is 78.1 Å². The molecule has 2 aromatic rings. The van der Waals surface area contributed by atoms with Gasteiger partial charge in [-0.3, -0.25) is 14.6 Å². The van der Waals surface area contributed by atoms with E-state index in [9.17, 15) is 9.59 Å². The number of nitrogens with one attached hydrogen (secondary N) is 1. The molecule has 0 aliphatic carbocycles. The second-order valence-electron chi connectivity index (χ2n) is 7.97. The Morgan fingerprint density at radius 1 is 1.17 bits per heavy atom. The van der Waals surface area contributed by atoms with Gasteiger partial charge in [-0.1, -0.05) is 42.5 Å². The van der Waals surface area contributed by atoms with Crippen LogP contribution in [0.4, 0.5) is 0 Å². The van der Waals surface area contributed by atoms with E-state index in [2.05, 4.69) is 22.4 Å². The fraction of sp³-hybridized carbons (Fsp3) is 0.348. The third-order valence-corrected chi connectivity index (χ3v) is 6.21. The number of carbonyl (C=O) groups excluding carboxylic acids is 2. The number of aromatic nitrogens is 1. The summed E-state index contributed by atoms with van der Waals surface area (Å²) in [5, 5.41) is 2.98. The van der Waals surface area contributed by atoms with E-state index in [0.29, 0.717) is 19.6 Å². The lowest BCUT2D eigenvalue weighted by Gasteiger charge is -2.23. The van der Waals surface area contributed by atoms with E-state index in [-0.39, 0.29) is 17.9 Å². The summed E-state index contributed by atoms with van der Waals surface area (Å²) in [6.07, 6.45) is 7.81. The van der Waals surface area contributed by atoms with Crippen LogP contribution in [0.1, 0.15) is 11.1 Å². The number of fused-ring (bicyclic) bond motifs is 1. The van der Waals surface area contributed by atoms with Gasteiger partial charge in [-0.15, -0.1) is 0 Å². The minimum Gasteiger partial charge on any atom is -0.360 e. The first-order valence-corrected chi connectivity index (χ1v) is 10.0. The monoisotopic (exact) mass is 389 g/mol. The van der Waals surface area contributed by atoms with E-state index in [1.807, 2.05) is 47.4 Å². The SMILES string of the molecule is O=C(NCc1ccncc1)C1C2C=CC3(CN(CCc4ccccc4)C(=O)C13)O2. The van der Waals surface area contributed by atoms with Crippen LogP contribution in [0.3, 0.4) is 0 Å². The average molecular weight is 389 g/mol. The number of likely N-dealkylation sites (tertiary alicyclic amines) is 1. The molecule has 3 aliphatic rings. The topological polar surface area (TPSA) is 71.5 Å². The van der Waals surface area contributed by atoms with Gasteiger partial charge in [0.1, 0.15) is 5.60 Å². The first-order valence-electron chi connectivity index (χ1n) is 10.0. The molecule has 2 fully saturated rings. The molecule has 6 nitrogen and oxygen atoms in total. The van der Waals surface area contributed by atoms with Gasteiger partial charge >= 0.3 is 0 Å². The molecule has 2 amide bonds. The quantitative estimate of drug-likeness (QED) is 0.764. The molecule has 1 aromatic carbocycles. The lowest BCUT2D eigenvalue weighted by molar-refractivity contribution is -0.137. The molecule has 148 valence electrons. The molecule has 29 heavy (non-hydrogen) atoms. The number of carbonyl (C=O) groups is 2. The van der Waals surface area contributed by atoms with E-state index in [0.717, 1.165) is 12.0 Å². The molecular weight excluding hydrogens is 366 g/mol. The van der Waals surface area contributed by atoms with Crippen molar-refractivity contribution in [2.24, 2.45) is 11.8 Å². The van der Waals surface area contributed by atoms with Gasteiger partial charge < -0.3 is 15.0 Å². The van der Waals surface area contributed by atoms with Gasteiger partial charge in [0.15, 0.2) is 0 Å². The van der Waals surface area contributed by atoms with Gasteiger partial charge in [0.25, 0.3) is 0 Å².